The molecule has 3 heteroatoms. The fourth-order valence-corrected chi connectivity index (χ4v) is 8.90. The highest BCUT2D eigenvalue weighted by Crippen LogP contribution is 2.51. The van der Waals surface area contributed by atoms with Crippen LogP contribution in [0.3, 0.4) is 0 Å². The second kappa shape index (κ2) is 14.8. The fraction of sp³-hybridized carbons (Fsp3) is 0.0189. The molecule has 0 saturated carbocycles. The smallest absolute Gasteiger partial charge is 0.0601 e. The minimum atomic E-state index is 0.958. The molecule has 0 fully saturated rings. The molecule has 10 rings (SSSR count). The second-order valence-corrected chi connectivity index (χ2v) is 15.3. The zero-order chi connectivity index (χ0) is 37.3. The van der Waals surface area contributed by atoms with E-state index in [1.165, 1.54) is 77.2 Å². The largest absolute Gasteiger partial charge is 0.310 e. The molecule has 266 valence electrons. The Bertz CT molecular complexity index is 2480. The zero-order valence-electron chi connectivity index (χ0n) is 30.8. The molecule has 0 atom stereocenters. The van der Waals surface area contributed by atoms with E-state index in [4.69, 9.17) is 0 Å². The highest BCUT2D eigenvalue weighted by molar-refractivity contribution is 7.99. The quantitative estimate of drug-likeness (QED) is 0.151. The van der Waals surface area contributed by atoms with Crippen molar-refractivity contribution in [1.29, 1.82) is 0 Å². The number of hydrogen-bond donors (Lipinski definition) is 0. The number of para-hydroxylation sites is 4. The Morgan fingerprint density at radius 1 is 0.339 bits per heavy atom. The third kappa shape index (κ3) is 6.63. The van der Waals surface area contributed by atoms with E-state index in [9.17, 15) is 0 Å². The topological polar surface area (TPSA) is 6.48 Å². The van der Waals surface area contributed by atoms with Crippen molar-refractivity contribution >= 4 is 70.2 Å². The van der Waals surface area contributed by atoms with Crippen molar-refractivity contribution in [1.82, 2.24) is 0 Å². The van der Waals surface area contributed by atoms with Crippen LogP contribution in [0.5, 0.6) is 0 Å². The molecule has 2 aliphatic rings. The molecule has 0 amide bonds. The van der Waals surface area contributed by atoms with Gasteiger partial charge in [0.2, 0.25) is 0 Å². The maximum absolute atomic E-state index is 2.40. The van der Waals surface area contributed by atoms with E-state index in [-0.39, 0.29) is 0 Å². The Kier molecular flexibility index (Phi) is 8.91. The van der Waals surface area contributed by atoms with Crippen LogP contribution in [0.4, 0.5) is 34.1 Å². The lowest BCUT2D eigenvalue weighted by Crippen LogP contribution is -2.18. The van der Waals surface area contributed by atoms with Crippen LogP contribution in [0.15, 0.2) is 204 Å². The molecule has 0 radical (unpaired) electrons. The van der Waals surface area contributed by atoms with Gasteiger partial charge in [-0.2, -0.15) is 0 Å². The van der Waals surface area contributed by atoms with Crippen molar-refractivity contribution in [3.63, 3.8) is 0 Å². The first-order valence-corrected chi connectivity index (χ1v) is 19.9. The summed E-state index contributed by atoms with van der Waals surface area (Å²) in [6.45, 7) is 0. The first-order chi connectivity index (χ1) is 27.7. The second-order valence-electron chi connectivity index (χ2n) is 14.2. The normalized spacial score (nSPS) is 13.0. The van der Waals surface area contributed by atoms with Crippen LogP contribution in [-0.2, 0) is 6.42 Å². The van der Waals surface area contributed by atoms with Gasteiger partial charge in [-0.3, -0.25) is 0 Å². The van der Waals surface area contributed by atoms with Crippen molar-refractivity contribution in [2.45, 2.75) is 16.2 Å². The molecule has 2 heterocycles. The van der Waals surface area contributed by atoms with Crippen LogP contribution in [0.25, 0.3) is 35.4 Å². The summed E-state index contributed by atoms with van der Waals surface area (Å²) >= 11 is 1.84. The molecule has 0 N–H and O–H groups in total. The molecule has 0 aromatic heterocycles. The Balaban J connectivity index is 0.831. The Morgan fingerprint density at radius 2 is 0.732 bits per heavy atom. The molecule has 0 unspecified atom stereocenters. The Labute approximate surface area is 333 Å². The summed E-state index contributed by atoms with van der Waals surface area (Å²) in [6.07, 6.45) is 9.77. The van der Waals surface area contributed by atoms with E-state index < -0.39 is 0 Å². The third-order valence-electron chi connectivity index (χ3n) is 10.6. The van der Waals surface area contributed by atoms with Crippen LogP contribution in [0, 0.1) is 0 Å². The summed E-state index contributed by atoms with van der Waals surface area (Å²) in [5, 5.41) is 0. The third-order valence-corrected chi connectivity index (χ3v) is 11.8. The van der Waals surface area contributed by atoms with Crippen LogP contribution in [0.2, 0.25) is 0 Å². The molecule has 0 bridgehead atoms. The Morgan fingerprint density at radius 3 is 1.21 bits per heavy atom. The van der Waals surface area contributed by atoms with Gasteiger partial charge in [0.05, 0.1) is 11.4 Å². The van der Waals surface area contributed by atoms with Crippen LogP contribution >= 0.6 is 11.8 Å². The van der Waals surface area contributed by atoms with Gasteiger partial charge in [-0.25, -0.2) is 0 Å². The van der Waals surface area contributed by atoms with Crippen molar-refractivity contribution in [2.75, 3.05) is 9.80 Å². The minimum Gasteiger partial charge on any atom is -0.310 e. The minimum absolute atomic E-state index is 0.958. The summed E-state index contributed by atoms with van der Waals surface area (Å²) < 4.78 is 0. The van der Waals surface area contributed by atoms with Crippen LogP contribution < -0.4 is 9.80 Å². The first kappa shape index (κ1) is 33.7. The molecule has 8 aromatic carbocycles. The lowest BCUT2D eigenvalue weighted by molar-refractivity contribution is 1.09. The number of nitrogens with zero attached hydrogens (tertiary/aromatic N) is 2. The number of fused-ring (bicyclic) bond motifs is 4. The van der Waals surface area contributed by atoms with E-state index in [1.807, 2.05) is 11.8 Å². The number of rotatable bonds is 7. The molecule has 2 aliphatic heterocycles. The predicted molar refractivity (Wildman–Crippen MR) is 239 cm³/mol. The van der Waals surface area contributed by atoms with Crippen LogP contribution in [-0.4, -0.2) is 0 Å². The summed E-state index contributed by atoms with van der Waals surface area (Å²) in [6, 6.07) is 70.0. The average Bonchev–Trinajstić information content (AvgIpc) is 3.26. The zero-order valence-corrected chi connectivity index (χ0v) is 31.6. The lowest BCUT2D eigenvalue weighted by Gasteiger charge is -2.33. The van der Waals surface area contributed by atoms with E-state index in [2.05, 4.69) is 228 Å². The summed E-state index contributed by atoms with van der Waals surface area (Å²) in [5.41, 5.74) is 17.1. The van der Waals surface area contributed by atoms with Gasteiger partial charge in [-0.05, 0) is 105 Å². The number of benzene rings is 8. The maximum Gasteiger partial charge on any atom is 0.0601 e. The van der Waals surface area contributed by atoms with E-state index in [0.29, 0.717) is 0 Å². The standard InChI is InChI=1S/C53H38N2S/c1-3-17-48-44(13-1)37-45-14-2-4-18-49(45)54(48)46-15-9-11-40(35-46)25-23-38-27-31-42(32-28-38)43-33-29-39(30-34-43)24-26-41-12-10-16-47(36-41)55-50-19-5-7-21-52(50)56-53-22-8-6-20-51(53)55/h1-36H,37H2/b25-23+,26-24+. The van der Waals surface area contributed by atoms with E-state index in [0.717, 1.165) is 17.7 Å². The Hall–Kier alpha value is -6.81. The van der Waals surface area contributed by atoms with Gasteiger partial charge in [-0.1, -0.05) is 170 Å². The maximum atomic E-state index is 2.40. The van der Waals surface area contributed by atoms with E-state index >= 15 is 0 Å². The van der Waals surface area contributed by atoms with Crippen molar-refractivity contribution in [3.05, 3.63) is 228 Å². The predicted octanol–water partition coefficient (Wildman–Crippen LogP) is 15.0. The van der Waals surface area contributed by atoms with Crippen molar-refractivity contribution in [3.8, 4) is 11.1 Å². The molecule has 56 heavy (non-hydrogen) atoms. The summed E-state index contributed by atoms with van der Waals surface area (Å²) in [4.78, 5) is 7.31. The number of hydrogen-bond acceptors (Lipinski definition) is 3. The van der Waals surface area contributed by atoms with Crippen molar-refractivity contribution in [2.24, 2.45) is 0 Å². The van der Waals surface area contributed by atoms with Gasteiger partial charge < -0.3 is 9.80 Å². The highest BCUT2D eigenvalue weighted by atomic mass is 32.2. The molecule has 8 aromatic rings. The average molecular weight is 735 g/mol. The molecular formula is C53H38N2S. The number of anilines is 6. The molecule has 2 nitrogen and oxygen atoms in total. The van der Waals surface area contributed by atoms with E-state index in [1.54, 1.807) is 0 Å². The van der Waals surface area contributed by atoms with Crippen LogP contribution in [0.1, 0.15) is 33.4 Å². The van der Waals surface area contributed by atoms with Gasteiger partial charge in [0.25, 0.3) is 0 Å². The molecule has 0 saturated heterocycles. The fourth-order valence-electron chi connectivity index (χ4n) is 7.85. The first-order valence-electron chi connectivity index (χ1n) is 19.1. The van der Waals surface area contributed by atoms with Gasteiger partial charge in [0, 0.05) is 39.0 Å². The van der Waals surface area contributed by atoms with Gasteiger partial charge in [0.15, 0.2) is 0 Å². The summed E-state index contributed by atoms with van der Waals surface area (Å²) in [7, 11) is 0. The SMILES string of the molecule is C(=C\c1cccc(N2c3ccccc3Cc3ccccc32)c1)/c1ccc(-c2ccc(/C=C/c3cccc(N4c5ccccc5Sc5ccccc54)c3)cc2)cc1. The van der Waals surface area contributed by atoms with Gasteiger partial charge in [0.1, 0.15) is 0 Å². The molecule has 0 aliphatic carbocycles. The van der Waals surface area contributed by atoms with Gasteiger partial charge >= 0.3 is 0 Å². The lowest BCUT2D eigenvalue weighted by atomic mass is 9.95. The molecule has 0 spiro atoms. The monoisotopic (exact) mass is 734 g/mol. The molecular weight excluding hydrogens is 697 g/mol. The highest BCUT2D eigenvalue weighted by Gasteiger charge is 2.25. The van der Waals surface area contributed by atoms with Crippen molar-refractivity contribution < 1.29 is 0 Å². The summed E-state index contributed by atoms with van der Waals surface area (Å²) in [5.74, 6) is 0. The van der Waals surface area contributed by atoms with Gasteiger partial charge in [-0.15, -0.1) is 0 Å².